The molecular formula is C11H24N2. The van der Waals surface area contributed by atoms with Gasteiger partial charge in [-0.2, -0.15) is 0 Å². The van der Waals surface area contributed by atoms with E-state index in [1.54, 1.807) is 0 Å². The molecule has 2 heteroatoms. The van der Waals surface area contributed by atoms with Gasteiger partial charge in [0.1, 0.15) is 0 Å². The molecule has 0 aromatic carbocycles. The minimum absolute atomic E-state index is 0.266. The van der Waals surface area contributed by atoms with Crippen LogP contribution in [0.25, 0.3) is 0 Å². The lowest BCUT2D eigenvalue weighted by atomic mass is 10.1. The second-order valence-corrected chi connectivity index (χ2v) is 3.89. The second kappa shape index (κ2) is 8.24. The fourth-order valence-electron chi connectivity index (χ4n) is 1.34. The van der Waals surface area contributed by atoms with Crippen molar-refractivity contribution in [2.75, 3.05) is 0 Å². The maximum absolute atomic E-state index is 5.67. The van der Waals surface area contributed by atoms with E-state index in [2.05, 4.69) is 25.1 Å². The molecule has 78 valence electrons. The molecule has 2 nitrogen and oxygen atoms in total. The van der Waals surface area contributed by atoms with Crippen LogP contribution in [0.1, 0.15) is 52.9 Å². The van der Waals surface area contributed by atoms with Crippen LogP contribution in [0, 0.1) is 0 Å². The van der Waals surface area contributed by atoms with Crippen molar-refractivity contribution in [2.45, 2.75) is 65.0 Å². The Kier molecular flexibility index (Phi) is 8.00. The highest BCUT2D eigenvalue weighted by Crippen LogP contribution is 2.01. The molecule has 0 saturated heterocycles. The van der Waals surface area contributed by atoms with E-state index in [1.165, 1.54) is 19.3 Å². The maximum atomic E-state index is 5.67. The van der Waals surface area contributed by atoms with E-state index in [0.717, 1.165) is 12.8 Å². The first-order valence-electron chi connectivity index (χ1n) is 5.44. The van der Waals surface area contributed by atoms with E-state index in [0.29, 0.717) is 6.04 Å². The fourth-order valence-corrected chi connectivity index (χ4v) is 1.34. The van der Waals surface area contributed by atoms with Gasteiger partial charge in [0, 0.05) is 12.1 Å². The van der Waals surface area contributed by atoms with Crippen LogP contribution in [-0.2, 0) is 0 Å². The van der Waals surface area contributed by atoms with Gasteiger partial charge in [0.05, 0.1) is 0 Å². The molecule has 2 atom stereocenters. The third-order valence-electron chi connectivity index (χ3n) is 2.01. The number of hydrogen-bond acceptors (Lipinski definition) is 2. The molecule has 0 aromatic rings. The van der Waals surface area contributed by atoms with E-state index in [9.17, 15) is 0 Å². The summed E-state index contributed by atoms with van der Waals surface area (Å²) in [6.07, 6.45) is 8.03. The van der Waals surface area contributed by atoms with E-state index in [-0.39, 0.29) is 6.04 Å². The van der Waals surface area contributed by atoms with Gasteiger partial charge < -0.3 is 5.73 Å². The lowest BCUT2D eigenvalue weighted by Gasteiger charge is -2.08. The Hall–Kier alpha value is -0.370. The number of rotatable bonds is 7. The lowest BCUT2D eigenvalue weighted by Crippen LogP contribution is -2.19. The van der Waals surface area contributed by atoms with Crippen molar-refractivity contribution in [3.63, 3.8) is 0 Å². The average molecular weight is 184 g/mol. The molecule has 13 heavy (non-hydrogen) atoms. The Labute approximate surface area is 82.6 Å². The summed E-state index contributed by atoms with van der Waals surface area (Å²) in [7, 11) is 0. The highest BCUT2D eigenvalue weighted by molar-refractivity contribution is 5.57. The van der Waals surface area contributed by atoms with Crippen LogP contribution < -0.4 is 5.73 Å². The molecule has 0 bridgehead atoms. The second-order valence-electron chi connectivity index (χ2n) is 3.89. The number of nitrogens with two attached hydrogens (primary N) is 1. The predicted molar refractivity (Wildman–Crippen MR) is 60.4 cm³/mol. The average Bonchev–Trinajstić information content (AvgIpc) is 2.02. The summed E-state index contributed by atoms with van der Waals surface area (Å²) >= 11 is 0. The first-order chi connectivity index (χ1) is 6.16. The van der Waals surface area contributed by atoms with Gasteiger partial charge in [0.2, 0.25) is 0 Å². The molecular weight excluding hydrogens is 160 g/mol. The predicted octanol–water partition coefficient (Wildman–Crippen LogP) is 2.76. The summed E-state index contributed by atoms with van der Waals surface area (Å²) in [5, 5.41) is 0. The van der Waals surface area contributed by atoms with Gasteiger partial charge in [-0.3, -0.25) is 4.99 Å². The Balaban J connectivity index is 3.36. The van der Waals surface area contributed by atoms with Crippen LogP contribution in [0.4, 0.5) is 0 Å². The number of unbranched alkanes of at least 4 members (excludes halogenated alkanes) is 3. The zero-order valence-corrected chi connectivity index (χ0v) is 9.29. The van der Waals surface area contributed by atoms with Gasteiger partial charge in [0.15, 0.2) is 0 Å². The van der Waals surface area contributed by atoms with Crippen LogP contribution in [0.15, 0.2) is 4.99 Å². The summed E-state index contributed by atoms with van der Waals surface area (Å²) in [6.45, 7) is 6.37. The zero-order chi connectivity index (χ0) is 10.1. The molecule has 0 heterocycles. The summed E-state index contributed by atoms with van der Waals surface area (Å²) < 4.78 is 0. The molecule has 0 spiro atoms. The third kappa shape index (κ3) is 9.54. The van der Waals surface area contributed by atoms with Gasteiger partial charge in [-0.1, -0.05) is 19.8 Å². The van der Waals surface area contributed by atoms with Crippen molar-refractivity contribution >= 4 is 6.21 Å². The summed E-state index contributed by atoms with van der Waals surface area (Å²) in [6, 6.07) is 0.657. The lowest BCUT2D eigenvalue weighted by molar-refractivity contribution is 0.581. The van der Waals surface area contributed by atoms with Gasteiger partial charge in [0.25, 0.3) is 0 Å². The van der Waals surface area contributed by atoms with E-state index < -0.39 is 0 Å². The van der Waals surface area contributed by atoms with Crippen molar-refractivity contribution in [2.24, 2.45) is 10.7 Å². The highest BCUT2D eigenvalue weighted by atomic mass is 14.8. The first kappa shape index (κ1) is 12.6. The Bertz CT molecular complexity index is 130. The molecule has 0 aromatic heterocycles. The van der Waals surface area contributed by atoms with Crippen LogP contribution in [0.3, 0.4) is 0 Å². The molecule has 0 aliphatic heterocycles. The van der Waals surface area contributed by atoms with Crippen LogP contribution in [-0.4, -0.2) is 18.3 Å². The molecule has 0 fully saturated rings. The van der Waals surface area contributed by atoms with Crippen molar-refractivity contribution in [3.05, 3.63) is 0 Å². The molecule has 0 aliphatic carbocycles. The van der Waals surface area contributed by atoms with Crippen LogP contribution >= 0.6 is 0 Å². The van der Waals surface area contributed by atoms with Crippen LogP contribution in [0.2, 0.25) is 0 Å². The zero-order valence-electron chi connectivity index (χ0n) is 9.29. The Morgan fingerprint density at radius 3 is 2.54 bits per heavy atom. The third-order valence-corrected chi connectivity index (χ3v) is 2.01. The SMILES string of the molecule is CCCCCC=NC(C)CC(C)N. The molecule has 0 radical (unpaired) electrons. The van der Waals surface area contributed by atoms with Gasteiger partial charge in [-0.15, -0.1) is 0 Å². The molecule has 0 rings (SSSR count). The standard InChI is InChI=1S/C11H24N2/c1-4-5-6-7-8-13-11(3)9-10(2)12/h8,10-11H,4-7,9,12H2,1-3H3. The number of aliphatic imine (C=N–C) groups is 1. The number of nitrogens with zero attached hydrogens (tertiary/aromatic N) is 1. The molecule has 0 saturated carbocycles. The summed E-state index contributed by atoms with van der Waals surface area (Å²) in [4.78, 5) is 4.43. The Morgan fingerprint density at radius 2 is 2.00 bits per heavy atom. The van der Waals surface area contributed by atoms with Gasteiger partial charge in [-0.25, -0.2) is 0 Å². The van der Waals surface area contributed by atoms with Crippen molar-refractivity contribution in [3.8, 4) is 0 Å². The molecule has 0 amide bonds. The monoisotopic (exact) mass is 184 g/mol. The van der Waals surface area contributed by atoms with E-state index in [1.807, 2.05) is 6.92 Å². The highest BCUT2D eigenvalue weighted by Gasteiger charge is 2.00. The van der Waals surface area contributed by atoms with E-state index in [4.69, 9.17) is 5.73 Å². The van der Waals surface area contributed by atoms with Crippen molar-refractivity contribution in [1.29, 1.82) is 0 Å². The van der Waals surface area contributed by atoms with Gasteiger partial charge >= 0.3 is 0 Å². The molecule has 2 unspecified atom stereocenters. The Morgan fingerprint density at radius 1 is 1.31 bits per heavy atom. The van der Waals surface area contributed by atoms with Crippen molar-refractivity contribution < 1.29 is 0 Å². The smallest absolute Gasteiger partial charge is 0.0482 e. The first-order valence-corrected chi connectivity index (χ1v) is 5.44. The minimum atomic E-state index is 0.266. The molecule has 2 N–H and O–H groups in total. The molecule has 0 aliphatic rings. The summed E-state index contributed by atoms with van der Waals surface area (Å²) in [5.74, 6) is 0. The number of hydrogen-bond donors (Lipinski definition) is 1. The fraction of sp³-hybridized carbons (Fsp3) is 0.909. The van der Waals surface area contributed by atoms with E-state index >= 15 is 0 Å². The quantitative estimate of drug-likeness (QED) is 0.479. The minimum Gasteiger partial charge on any atom is -0.328 e. The maximum Gasteiger partial charge on any atom is 0.0482 e. The topological polar surface area (TPSA) is 38.4 Å². The van der Waals surface area contributed by atoms with Gasteiger partial charge in [-0.05, 0) is 39.3 Å². The normalized spacial score (nSPS) is 16.3. The largest absolute Gasteiger partial charge is 0.328 e. The van der Waals surface area contributed by atoms with Crippen molar-refractivity contribution in [1.82, 2.24) is 0 Å². The summed E-state index contributed by atoms with van der Waals surface area (Å²) in [5.41, 5.74) is 5.67. The van der Waals surface area contributed by atoms with Crippen LogP contribution in [0.5, 0.6) is 0 Å².